The Bertz CT molecular complexity index is 360. The number of anilines is 1. The summed E-state index contributed by atoms with van der Waals surface area (Å²) in [6, 6.07) is 6.94. The Balaban J connectivity index is 2.21. The van der Waals surface area contributed by atoms with Crippen molar-refractivity contribution in [2.24, 2.45) is 0 Å². The van der Waals surface area contributed by atoms with Gasteiger partial charge in [0, 0.05) is 17.8 Å². The Morgan fingerprint density at radius 1 is 1.41 bits per heavy atom. The molecule has 1 amide bonds. The zero-order valence-corrected chi connectivity index (χ0v) is 10.3. The maximum atomic E-state index is 11.4. The van der Waals surface area contributed by atoms with Gasteiger partial charge >= 0.3 is 0 Å². The fourth-order valence-electron chi connectivity index (χ4n) is 1.09. The number of carbonyl (C=O) groups excluding carboxylic acids is 1. The lowest BCUT2D eigenvalue weighted by atomic mass is 10.3. The van der Waals surface area contributed by atoms with Gasteiger partial charge in [0.05, 0.1) is 13.2 Å². The van der Waals surface area contributed by atoms with Crippen molar-refractivity contribution in [1.29, 1.82) is 0 Å². The fourth-order valence-corrected chi connectivity index (χ4v) is 1.28. The van der Waals surface area contributed by atoms with Crippen LogP contribution in [0.1, 0.15) is 0 Å². The highest BCUT2D eigenvalue weighted by atomic mass is 35.5. The first-order valence-corrected chi connectivity index (χ1v) is 5.49. The van der Waals surface area contributed by atoms with E-state index < -0.39 is 0 Å². The minimum atomic E-state index is -0.204. The second-order valence-electron chi connectivity index (χ2n) is 3.22. The fraction of sp³-hybridized carbons (Fsp3) is 0.364. The van der Waals surface area contributed by atoms with Crippen LogP contribution in [0, 0.1) is 0 Å². The van der Waals surface area contributed by atoms with E-state index in [0.717, 1.165) is 0 Å². The molecule has 0 aliphatic heterocycles. The normalized spacial score (nSPS) is 10.2. The third kappa shape index (κ3) is 6.23. The van der Waals surface area contributed by atoms with Crippen LogP contribution >= 0.6 is 11.6 Å². The molecule has 0 fully saturated rings. The number of hydrogen-bond acceptors (Lipinski definition) is 4. The molecule has 0 radical (unpaired) electrons. The number of halogens is 1. The zero-order chi connectivity index (χ0) is 12.5. The number of benzene rings is 1. The average molecular weight is 259 g/mol. The molecule has 0 heterocycles. The first-order chi connectivity index (χ1) is 8.22. The van der Waals surface area contributed by atoms with Gasteiger partial charge in [-0.2, -0.15) is 5.48 Å². The van der Waals surface area contributed by atoms with Gasteiger partial charge in [-0.15, -0.1) is 0 Å². The van der Waals surface area contributed by atoms with Crippen LogP contribution in [0.3, 0.4) is 0 Å². The van der Waals surface area contributed by atoms with E-state index in [-0.39, 0.29) is 12.5 Å². The number of hydroxylamine groups is 1. The summed E-state index contributed by atoms with van der Waals surface area (Å²) >= 11 is 5.78. The lowest BCUT2D eigenvalue weighted by Gasteiger charge is -2.07. The van der Waals surface area contributed by atoms with Gasteiger partial charge in [-0.25, -0.2) is 0 Å². The monoisotopic (exact) mass is 258 g/mol. The minimum Gasteiger partial charge on any atom is -0.382 e. The van der Waals surface area contributed by atoms with Crippen LogP contribution in [-0.2, 0) is 14.4 Å². The molecule has 5 nitrogen and oxygen atoms in total. The third-order valence-corrected chi connectivity index (χ3v) is 2.07. The zero-order valence-electron chi connectivity index (χ0n) is 9.53. The third-order valence-electron chi connectivity index (χ3n) is 1.83. The van der Waals surface area contributed by atoms with Crippen molar-refractivity contribution in [3.63, 3.8) is 0 Å². The van der Waals surface area contributed by atoms with Crippen molar-refractivity contribution >= 4 is 23.2 Å². The standard InChI is InChI=1S/C11H15ClN2O3/c1-16-5-6-17-13-8-11(15)14-10-4-2-3-9(12)7-10/h2-4,7,13H,5-6,8H2,1H3,(H,14,15). The molecule has 0 unspecified atom stereocenters. The molecule has 0 bridgehead atoms. The van der Waals surface area contributed by atoms with Gasteiger partial charge in [-0.1, -0.05) is 17.7 Å². The molecule has 0 spiro atoms. The van der Waals surface area contributed by atoms with Gasteiger partial charge < -0.3 is 10.1 Å². The van der Waals surface area contributed by atoms with Gasteiger partial charge in [0.25, 0.3) is 0 Å². The summed E-state index contributed by atoms with van der Waals surface area (Å²) in [7, 11) is 1.58. The number of ether oxygens (including phenoxy) is 1. The highest BCUT2D eigenvalue weighted by Gasteiger charge is 2.01. The van der Waals surface area contributed by atoms with Crippen LogP contribution in [0.5, 0.6) is 0 Å². The molecule has 0 saturated carbocycles. The van der Waals surface area contributed by atoms with E-state index in [1.54, 1.807) is 31.4 Å². The second kappa shape index (κ2) is 8.03. The molecule has 6 heteroatoms. The molecular formula is C11H15ClN2O3. The van der Waals surface area contributed by atoms with E-state index in [2.05, 4.69) is 10.8 Å². The molecule has 0 atom stereocenters. The van der Waals surface area contributed by atoms with Crippen molar-refractivity contribution in [3.8, 4) is 0 Å². The first-order valence-electron chi connectivity index (χ1n) is 5.11. The summed E-state index contributed by atoms with van der Waals surface area (Å²) in [6.45, 7) is 0.931. The number of rotatable bonds is 7. The number of nitrogens with one attached hydrogen (secondary N) is 2. The predicted octanol–water partition coefficient (Wildman–Crippen LogP) is 1.45. The Morgan fingerprint density at radius 3 is 2.94 bits per heavy atom. The Labute approximate surface area is 105 Å². The van der Waals surface area contributed by atoms with E-state index in [1.807, 2.05) is 0 Å². The summed E-state index contributed by atoms with van der Waals surface area (Å²) in [5.41, 5.74) is 3.18. The predicted molar refractivity (Wildman–Crippen MR) is 65.9 cm³/mol. The van der Waals surface area contributed by atoms with Gasteiger partial charge in [0.1, 0.15) is 6.54 Å². The van der Waals surface area contributed by atoms with Gasteiger partial charge in [-0.3, -0.25) is 9.63 Å². The molecule has 1 aromatic carbocycles. The Morgan fingerprint density at radius 2 is 2.24 bits per heavy atom. The van der Waals surface area contributed by atoms with E-state index in [1.165, 1.54) is 0 Å². The lowest BCUT2D eigenvalue weighted by Crippen LogP contribution is -2.29. The van der Waals surface area contributed by atoms with Crippen LogP contribution < -0.4 is 10.8 Å². The lowest BCUT2D eigenvalue weighted by molar-refractivity contribution is -0.118. The van der Waals surface area contributed by atoms with Crippen molar-refractivity contribution in [1.82, 2.24) is 5.48 Å². The summed E-state index contributed by atoms with van der Waals surface area (Å²) in [4.78, 5) is 16.4. The smallest absolute Gasteiger partial charge is 0.240 e. The quantitative estimate of drug-likeness (QED) is 0.574. The molecule has 0 saturated heterocycles. The van der Waals surface area contributed by atoms with Crippen molar-refractivity contribution < 1.29 is 14.4 Å². The number of hydrogen-bond donors (Lipinski definition) is 2. The Hall–Kier alpha value is -1.14. The number of methoxy groups -OCH3 is 1. The van der Waals surface area contributed by atoms with Gasteiger partial charge in [0.2, 0.25) is 5.91 Å². The summed E-state index contributed by atoms with van der Waals surface area (Å²) < 4.78 is 4.78. The molecule has 1 aromatic rings. The second-order valence-corrected chi connectivity index (χ2v) is 3.66. The summed E-state index contributed by atoms with van der Waals surface area (Å²) in [6.07, 6.45) is 0. The molecular weight excluding hydrogens is 244 g/mol. The van der Waals surface area contributed by atoms with Crippen molar-refractivity contribution in [2.45, 2.75) is 0 Å². The van der Waals surface area contributed by atoms with Gasteiger partial charge in [0.15, 0.2) is 0 Å². The summed E-state index contributed by atoms with van der Waals surface area (Å²) in [5, 5.41) is 3.25. The summed E-state index contributed by atoms with van der Waals surface area (Å²) in [5.74, 6) is -0.204. The molecule has 2 N–H and O–H groups in total. The topological polar surface area (TPSA) is 59.6 Å². The van der Waals surface area contributed by atoms with E-state index in [0.29, 0.717) is 23.9 Å². The van der Waals surface area contributed by atoms with Crippen LogP contribution in [0.15, 0.2) is 24.3 Å². The SMILES string of the molecule is COCCONCC(=O)Nc1cccc(Cl)c1. The number of carbonyl (C=O) groups is 1. The maximum Gasteiger partial charge on any atom is 0.240 e. The van der Waals surface area contributed by atoms with E-state index in [9.17, 15) is 4.79 Å². The largest absolute Gasteiger partial charge is 0.382 e. The minimum absolute atomic E-state index is 0.0657. The highest BCUT2D eigenvalue weighted by Crippen LogP contribution is 2.14. The van der Waals surface area contributed by atoms with Crippen molar-refractivity contribution in [2.75, 3.05) is 32.2 Å². The van der Waals surface area contributed by atoms with Crippen LogP contribution in [-0.4, -0.2) is 32.8 Å². The van der Waals surface area contributed by atoms with E-state index in [4.69, 9.17) is 21.2 Å². The highest BCUT2D eigenvalue weighted by molar-refractivity contribution is 6.30. The van der Waals surface area contributed by atoms with Gasteiger partial charge in [-0.05, 0) is 18.2 Å². The molecule has 0 aliphatic carbocycles. The van der Waals surface area contributed by atoms with E-state index >= 15 is 0 Å². The molecule has 94 valence electrons. The average Bonchev–Trinajstić information content (AvgIpc) is 2.29. The maximum absolute atomic E-state index is 11.4. The number of amides is 1. The molecule has 17 heavy (non-hydrogen) atoms. The van der Waals surface area contributed by atoms with Crippen LogP contribution in [0.2, 0.25) is 5.02 Å². The molecule has 0 aliphatic rings. The van der Waals surface area contributed by atoms with Crippen LogP contribution in [0.25, 0.3) is 0 Å². The van der Waals surface area contributed by atoms with Crippen molar-refractivity contribution in [3.05, 3.63) is 29.3 Å². The first kappa shape index (κ1) is 13.9. The Kier molecular flexibility index (Phi) is 6.57. The van der Waals surface area contributed by atoms with Crippen LogP contribution in [0.4, 0.5) is 5.69 Å². The molecule has 0 aromatic heterocycles. The molecule has 1 rings (SSSR count).